The number of carbonyl (C=O) groups excluding carboxylic acids is 1. The second-order valence-corrected chi connectivity index (χ2v) is 6.49. The first-order valence-corrected chi connectivity index (χ1v) is 7.97. The van der Waals surface area contributed by atoms with Crippen molar-refractivity contribution < 1.29 is 13.2 Å². The zero-order chi connectivity index (χ0) is 16.5. The van der Waals surface area contributed by atoms with Crippen LogP contribution < -0.4 is 16.2 Å². The number of anilines is 2. The van der Waals surface area contributed by atoms with Crippen molar-refractivity contribution >= 4 is 38.9 Å². The molecule has 1 aromatic heterocycles. The van der Waals surface area contributed by atoms with Gasteiger partial charge >= 0.3 is 0 Å². The molecule has 1 amide bonds. The highest BCUT2D eigenvalue weighted by Gasteiger charge is 2.18. The molecule has 0 unspecified atom stereocenters. The maximum Gasteiger partial charge on any atom is 0.256 e. The monoisotopic (exact) mass is 340 g/mol. The second-order valence-electron chi connectivity index (χ2n) is 4.57. The van der Waals surface area contributed by atoms with Gasteiger partial charge in [-0.2, -0.15) is 0 Å². The summed E-state index contributed by atoms with van der Waals surface area (Å²) in [6, 6.07) is 5.62. The van der Waals surface area contributed by atoms with Gasteiger partial charge in [-0.05, 0) is 36.8 Å². The van der Waals surface area contributed by atoms with Crippen LogP contribution in [0.1, 0.15) is 15.9 Å². The average Bonchev–Trinajstić information content (AvgIpc) is 2.39. The van der Waals surface area contributed by atoms with Gasteiger partial charge in [-0.1, -0.05) is 11.6 Å². The van der Waals surface area contributed by atoms with Gasteiger partial charge < -0.3 is 11.1 Å². The third-order valence-corrected chi connectivity index (χ3v) is 4.08. The molecule has 0 saturated heterocycles. The molecule has 5 N–H and O–H groups in total. The first-order valence-electron chi connectivity index (χ1n) is 6.04. The van der Waals surface area contributed by atoms with Crippen LogP contribution in [0, 0.1) is 6.92 Å². The summed E-state index contributed by atoms with van der Waals surface area (Å²) in [4.78, 5) is 15.8. The average molecular weight is 341 g/mol. The van der Waals surface area contributed by atoms with Gasteiger partial charge in [-0.15, -0.1) is 0 Å². The summed E-state index contributed by atoms with van der Waals surface area (Å²) in [6.45, 7) is 1.64. The van der Waals surface area contributed by atoms with E-state index in [1.807, 2.05) is 0 Å². The number of nitrogens with zero attached hydrogens (tertiary/aromatic N) is 1. The van der Waals surface area contributed by atoms with Gasteiger partial charge in [0.2, 0.25) is 10.0 Å². The minimum Gasteiger partial charge on any atom is -0.398 e. The maximum absolute atomic E-state index is 12.3. The predicted octanol–water partition coefficient (Wildman–Crippen LogP) is 1.53. The minimum atomic E-state index is -4.02. The highest BCUT2D eigenvalue weighted by molar-refractivity contribution is 7.89. The molecule has 7 nitrogen and oxygen atoms in total. The van der Waals surface area contributed by atoms with Crippen LogP contribution in [0.15, 0.2) is 35.4 Å². The SMILES string of the molecule is Cc1cc(N)c(S(N)(=O)=O)cc1C(=O)Nc1ccc(Cl)nc1. The minimum absolute atomic E-state index is 0.00953. The molecule has 1 heterocycles. The number of primary sulfonamides is 1. The normalized spacial score (nSPS) is 11.2. The van der Waals surface area contributed by atoms with Gasteiger partial charge in [0.05, 0.1) is 17.6 Å². The highest BCUT2D eigenvalue weighted by atomic mass is 35.5. The van der Waals surface area contributed by atoms with Crippen LogP contribution in [0.2, 0.25) is 5.15 Å². The number of nitrogen functional groups attached to an aromatic ring is 1. The van der Waals surface area contributed by atoms with Crippen LogP contribution in [0.3, 0.4) is 0 Å². The lowest BCUT2D eigenvalue weighted by atomic mass is 10.1. The fourth-order valence-electron chi connectivity index (χ4n) is 1.85. The summed E-state index contributed by atoms with van der Waals surface area (Å²) in [6.07, 6.45) is 1.38. The van der Waals surface area contributed by atoms with Crippen LogP contribution in [0.4, 0.5) is 11.4 Å². The summed E-state index contributed by atoms with van der Waals surface area (Å²) < 4.78 is 23.0. The first kappa shape index (κ1) is 16.2. The number of rotatable bonds is 3. The molecule has 0 fully saturated rings. The van der Waals surface area contributed by atoms with Gasteiger partial charge in [-0.25, -0.2) is 18.5 Å². The number of nitrogens with one attached hydrogen (secondary N) is 1. The number of hydrogen-bond acceptors (Lipinski definition) is 5. The van der Waals surface area contributed by atoms with Gasteiger partial charge in [0.15, 0.2) is 0 Å². The molecule has 0 bridgehead atoms. The molecular formula is C13H13ClN4O3S. The van der Waals surface area contributed by atoms with E-state index in [-0.39, 0.29) is 21.3 Å². The largest absolute Gasteiger partial charge is 0.398 e. The Morgan fingerprint density at radius 1 is 1.32 bits per heavy atom. The number of benzene rings is 1. The lowest BCUT2D eigenvalue weighted by Crippen LogP contribution is -2.18. The standard InChI is InChI=1S/C13H13ClN4O3S/c1-7-4-10(15)11(22(16,20)21)5-9(7)13(19)18-8-2-3-12(14)17-6-8/h2-6H,15H2,1H3,(H,18,19)(H2,16,20,21). The summed E-state index contributed by atoms with van der Waals surface area (Å²) in [5.41, 5.74) is 6.70. The van der Waals surface area contributed by atoms with E-state index in [1.165, 1.54) is 18.3 Å². The molecule has 0 aliphatic heterocycles. The maximum atomic E-state index is 12.3. The van der Waals surface area contributed by atoms with Crippen molar-refractivity contribution in [3.8, 4) is 0 Å². The van der Waals surface area contributed by atoms with E-state index < -0.39 is 15.9 Å². The lowest BCUT2D eigenvalue weighted by molar-refractivity contribution is 0.102. The van der Waals surface area contributed by atoms with Crippen LogP contribution in [0.5, 0.6) is 0 Å². The Bertz CT molecular complexity index is 835. The fraction of sp³-hybridized carbons (Fsp3) is 0.0769. The molecule has 116 valence electrons. The zero-order valence-corrected chi connectivity index (χ0v) is 13.1. The third kappa shape index (κ3) is 3.53. The molecule has 1 aromatic carbocycles. The lowest BCUT2D eigenvalue weighted by Gasteiger charge is -2.11. The molecule has 9 heteroatoms. The zero-order valence-electron chi connectivity index (χ0n) is 11.5. The van der Waals surface area contributed by atoms with E-state index in [0.717, 1.165) is 6.07 Å². The highest BCUT2D eigenvalue weighted by Crippen LogP contribution is 2.23. The smallest absolute Gasteiger partial charge is 0.256 e. The number of nitrogens with two attached hydrogens (primary N) is 2. The quantitative estimate of drug-likeness (QED) is 0.576. The number of halogens is 1. The Hall–Kier alpha value is -2.16. The number of pyridine rings is 1. The van der Waals surface area contributed by atoms with E-state index in [4.69, 9.17) is 22.5 Å². The topological polar surface area (TPSA) is 128 Å². The van der Waals surface area contributed by atoms with E-state index in [9.17, 15) is 13.2 Å². The van der Waals surface area contributed by atoms with Gasteiger partial charge in [0, 0.05) is 5.56 Å². The fourth-order valence-corrected chi connectivity index (χ4v) is 2.63. The van der Waals surface area contributed by atoms with Gasteiger partial charge in [0.1, 0.15) is 10.0 Å². The molecule has 0 radical (unpaired) electrons. The Balaban J connectivity index is 2.39. The van der Waals surface area contributed by atoms with Gasteiger partial charge in [-0.3, -0.25) is 4.79 Å². The van der Waals surface area contributed by atoms with E-state index in [1.54, 1.807) is 13.0 Å². The molecule has 2 aromatic rings. The number of carbonyl (C=O) groups is 1. The number of sulfonamides is 1. The molecule has 0 spiro atoms. The van der Waals surface area contributed by atoms with Crippen LogP contribution in [0.25, 0.3) is 0 Å². The first-order chi connectivity index (χ1) is 10.2. The van der Waals surface area contributed by atoms with Gasteiger partial charge in [0.25, 0.3) is 5.91 Å². The van der Waals surface area contributed by atoms with E-state index >= 15 is 0 Å². The molecular weight excluding hydrogens is 328 g/mol. The number of aromatic nitrogens is 1. The summed E-state index contributed by atoms with van der Waals surface area (Å²) in [5, 5.41) is 7.96. The Morgan fingerprint density at radius 2 is 2.00 bits per heavy atom. The Morgan fingerprint density at radius 3 is 2.55 bits per heavy atom. The van der Waals surface area contributed by atoms with E-state index in [0.29, 0.717) is 11.3 Å². The molecule has 0 aliphatic rings. The summed E-state index contributed by atoms with van der Waals surface area (Å²) in [5.74, 6) is -0.508. The molecule has 0 aliphatic carbocycles. The van der Waals surface area contributed by atoms with Crippen molar-refractivity contribution in [3.05, 3.63) is 46.7 Å². The van der Waals surface area contributed by atoms with Crippen molar-refractivity contribution in [2.75, 3.05) is 11.1 Å². The van der Waals surface area contributed by atoms with E-state index in [2.05, 4.69) is 10.3 Å². The molecule has 2 rings (SSSR count). The van der Waals surface area contributed by atoms with Crippen LogP contribution in [-0.2, 0) is 10.0 Å². The third-order valence-electron chi connectivity index (χ3n) is 2.89. The van der Waals surface area contributed by atoms with Crippen molar-refractivity contribution in [2.45, 2.75) is 11.8 Å². The predicted molar refractivity (Wildman–Crippen MR) is 84.2 cm³/mol. The van der Waals surface area contributed by atoms with Crippen molar-refractivity contribution in [3.63, 3.8) is 0 Å². The van der Waals surface area contributed by atoms with Crippen molar-refractivity contribution in [1.82, 2.24) is 4.98 Å². The second kappa shape index (κ2) is 5.91. The number of aryl methyl sites for hydroxylation is 1. The summed E-state index contributed by atoms with van der Waals surface area (Å²) >= 11 is 5.66. The number of hydrogen-bond donors (Lipinski definition) is 3. The van der Waals surface area contributed by atoms with Crippen molar-refractivity contribution in [2.24, 2.45) is 5.14 Å². The Labute approximate surface area is 132 Å². The Kier molecular flexibility index (Phi) is 4.36. The summed E-state index contributed by atoms with van der Waals surface area (Å²) in [7, 11) is -4.02. The molecule has 0 atom stereocenters. The van der Waals surface area contributed by atoms with Crippen LogP contribution in [-0.4, -0.2) is 19.3 Å². The molecule has 22 heavy (non-hydrogen) atoms. The molecule has 0 saturated carbocycles. The van der Waals surface area contributed by atoms with Crippen molar-refractivity contribution in [1.29, 1.82) is 0 Å². The number of amides is 1. The van der Waals surface area contributed by atoms with Crippen LogP contribution >= 0.6 is 11.6 Å².